The summed E-state index contributed by atoms with van der Waals surface area (Å²) in [5.74, 6) is 0.372. The van der Waals surface area contributed by atoms with Gasteiger partial charge in [0.25, 0.3) is 0 Å². The van der Waals surface area contributed by atoms with Gasteiger partial charge in [0.1, 0.15) is 10.7 Å². The maximum Gasteiger partial charge on any atom is 0.244 e. The highest BCUT2D eigenvalue weighted by Crippen LogP contribution is 2.17. The van der Waals surface area contributed by atoms with Crippen LogP contribution in [-0.4, -0.2) is 31.5 Å². The highest BCUT2D eigenvalue weighted by Gasteiger charge is 2.18. The van der Waals surface area contributed by atoms with Gasteiger partial charge in [-0.25, -0.2) is 18.1 Å². The van der Waals surface area contributed by atoms with Crippen LogP contribution in [0.3, 0.4) is 0 Å². The lowest BCUT2D eigenvalue weighted by Crippen LogP contribution is -2.27. The number of hydrogen-bond donors (Lipinski definition) is 2. The van der Waals surface area contributed by atoms with Gasteiger partial charge >= 0.3 is 0 Å². The van der Waals surface area contributed by atoms with Crippen molar-refractivity contribution in [2.75, 3.05) is 18.4 Å². The second-order valence-electron chi connectivity index (χ2n) is 4.38. The normalized spacial score (nSPS) is 11.3. The Kier molecular flexibility index (Phi) is 5.24. The fourth-order valence-electron chi connectivity index (χ4n) is 1.86. The molecule has 112 valence electrons. The third kappa shape index (κ3) is 4.24. The van der Waals surface area contributed by atoms with E-state index in [4.69, 9.17) is 0 Å². The van der Waals surface area contributed by atoms with Gasteiger partial charge < -0.3 is 5.32 Å². The quantitative estimate of drug-likeness (QED) is 0.808. The molecule has 0 spiro atoms. The Morgan fingerprint density at radius 1 is 1.14 bits per heavy atom. The fraction of sp³-hybridized carbons (Fsp3) is 0.286. The van der Waals surface area contributed by atoms with Crippen LogP contribution in [0.2, 0.25) is 0 Å². The average Bonchev–Trinajstić information content (AvgIpc) is 2.49. The van der Waals surface area contributed by atoms with Gasteiger partial charge in [-0.1, -0.05) is 0 Å². The maximum absolute atomic E-state index is 12.3. The third-order valence-corrected chi connectivity index (χ3v) is 4.35. The van der Waals surface area contributed by atoms with Gasteiger partial charge in [-0.3, -0.25) is 4.98 Å². The first kappa shape index (κ1) is 15.4. The molecule has 6 nitrogen and oxygen atoms in total. The van der Waals surface area contributed by atoms with Crippen molar-refractivity contribution in [2.45, 2.75) is 18.2 Å². The Bertz CT molecular complexity index is 674. The minimum Gasteiger partial charge on any atom is -0.369 e. The van der Waals surface area contributed by atoms with Crippen molar-refractivity contribution in [3.8, 4) is 0 Å². The molecule has 0 saturated heterocycles. The number of sulfonamides is 1. The lowest BCUT2D eigenvalue weighted by molar-refractivity contribution is 0.581. The maximum atomic E-state index is 12.3. The van der Waals surface area contributed by atoms with E-state index in [9.17, 15) is 8.42 Å². The molecule has 0 amide bonds. The number of pyridine rings is 2. The van der Waals surface area contributed by atoms with Crippen LogP contribution in [-0.2, 0) is 16.4 Å². The summed E-state index contributed by atoms with van der Waals surface area (Å²) in [5.41, 5.74) is 1.03. The Morgan fingerprint density at radius 3 is 2.62 bits per heavy atom. The van der Waals surface area contributed by atoms with Crippen LogP contribution in [0.15, 0.2) is 47.8 Å². The Labute approximate surface area is 124 Å². The highest BCUT2D eigenvalue weighted by atomic mass is 32.2. The van der Waals surface area contributed by atoms with Crippen LogP contribution >= 0.6 is 0 Å². The molecule has 0 atom stereocenters. The van der Waals surface area contributed by atoms with E-state index < -0.39 is 10.0 Å². The van der Waals surface area contributed by atoms with Crippen LogP contribution in [0.4, 0.5) is 5.82 Å². The summed E-state index contributed by atoms with van der Waals surface area (Å²) in [6, 6.07) is 6.88. The zero-order chi connectivity index (χ0) is 15.1. The van der Waals surface area contributed by atoms with Crippen LogP contribution in [0.1, 0.15) is 12.5 Å². The molecule has 0 fully saturated rings. The number of nitrogens with zero attached hydrogens (tertiary/aromatic N) is 2. The Balaban J connectivity index is 2.05. The SMILES string of the molecule is CCNc1ncccc1S(=O)(=O)NCCc1ccncc1. The van der Waals surface area contributed by atoms with Crippen molar-refractivity contribution < 1.29 is 8.42 Å². The van der Waals surface area contributed by atoms with Gasteiger partial charge in [-0.15, -0.1) is 0 Å². The van der Waals surface area contributed by atoms with Gasteiger partial charge in [0.05, 0.1) is 0 Å². The van der Waals surface area contributed by atoms with E-state index in [0.29, 0.717) is 25.3 Å². The number of rotatable bonds is 7. The highest BCUT2D eigenvalue weighted by molar-refractivity contribution is 7.89. The summed E-state index contributed by atoms with van der Waals surface area (Å²) in [4.78, 5) is 8.16. The fourth-order valence-corrected chi connectivity index (χ4v) is 3.03. The molecule has 0 aliphatic carbocycles. The summed E-state index contributed by atoms with van der Waals surface area (Å²) in [6.45, 7) is 2.82. The molecule has 2 aromatic heterocycles. The standard InChI is InChI=1S/C14H18N4O2S/c1-2-16-14-13(4-3-8-17-14)21(19,20)18-11-7-12-5-9-15-10-6-12/h3-6,8-10,18H,2,7,11H2,1H3,(H,16,17). The van der Waals surface area contributed by atoms with Crippen LogP contribution in [0.25, 0.3) is 0 Å². The number of anilines is 1. The largest absolute Gasteiger partial charge is 0.369 e. The molecule has 21 heavy (non-hydrogen) atoms. The smallest absolute Gasteiger partial charge is 0.244 e. The summed E-state index contributed by atoms with van der Waals surface area (Å²) in [5, 5.41) is 2.95. The van der Waals surface area contributed by atoms with E-state index in [1.807, 2.05) is 19.1 Å². The Morgan fingerprint density at radius 2 is 1.90 bits per heavy atom. The molecular formula is C14H18N4O2S. The van der Waals surface area contributed by atoms with Gasteiger partial charge in [0.15, 0.2) is 0 Å². The number of nitrogens with one attached hydrogen (secondary N) is 2. The van der Waals surface area contributed by atoms with E-state index in [2.05, 4.69) is 20.0 Å². The number of hydrogen-bond acceptors (Lipinski definition) is 5. The minimum atomic E-state index is -3.57. The molecule has 0 unspecified atom stereocenters. The predicted molar refractivity (Wildman–Crippen MR) is 81.5 cm³/mol. The van der Waals surface area contributed by atoms with E-state index in [0.717, 1.165) is 5.56 Å². The predicted octanol–water partition coefficient (Wildman–Crippen LogP) is 1.43. The van der Waals surface area contributed by atoms with E-state index >= 15 is 0 Å². The zero-order valence-corrected chi connectivity index (χ0v) is 12.6. The topological polar surface area (TPSA) is 84.0 Å². The second kappa shape index (κ2) is 7.14. The van der Waals surface area contributed by atoms with Gasteiger partial charge in [0, 0.05) is 31.7 Å². The number of aromatic nitrogens is 2. The lowest BCUT2D eigenvalue weighted by Gasteiger charge is -2.11. The molecule has 2 rings (SSSR count). The van der Waals surface area contributed by atoms with Crippen molar-refractivity contribution in [2.24, 2.45) is 0 Å². The molecule has 0 saturated carbocycles. The van der Waals surface area contributed by atoms with Gasteiger partial charge in [-0.2, -0.15) is 0 Å². The molecular weight excluding hydrogens is 288 g/mol. The molecule has 2 aromatic rings. The summed E-state index contributed by atoms with van der Waals surface area (Å²) in [6.07, 6.45) is 5.55. The minimum absolute atomic E-state index is 0.168. The van der Waals surface area contributed by atoms with Gasteiger partial charge in [0.2, 0.25) is 10.0 Å². The molecule has 2 N–H and O–H groups in total. The van der Waals surface area contributed by atoms with Crippen molar-refractivity contribution in [1.29, 1.82) is 0 Å². The molecule has 7 heteroatoms. The van der Waals surface area contributed by atoms with Crippen molar-refractivity contribution >= 4 is 15.8 Å². The van der Waals surface area contributed by atoms with E-state index in [1.165, 1.54) is 0 Å². The average molecular weight is 306 g/mol. The summed E-state index contributed by atoms with van der Waals surface area (Å²) in [7, 11) is -3.57. The van der Waals surface area contributed by atoms with Crippen molar-refractivity contribution in [3.63, 3.8) is 0 Å². The first-order valence-electron chi connectivity index (χ1n) is 6.71. The van der Waals surface area contributed by atoms with Crippen molar-refractivity contribution in [1.82, 2.24) is 14.7 Å². The van der Waals surface area contributed by atoms with Crippen LogP contribution < -0.4 is 10.0 Å². The molecule has 0 aliphatic rings. The van der Waals surface area contributed by atoms with E-state index in [-0.39, 0.29) is 4.90 Å². The molecule has 0 aromatic carbocycles. The first-order valence-corrected chi connectivity index (χ1v) is 8.19. The van der Waals surface area contributed by atoms with Gasteiger partial charge in [-0.05, 0) is 43.2 Å². The molecule has 0 radical (unpaired) electrons. The zero-order valence-electron chi connectivity index (χ0n) is 11.8. The Hall–Kier alpha value is -1.99. The lowest BCUT2D eigenvalue weighted by atomic mass is 10.2. The van der Waals surface area contributed by atoms with Crippen LogP contribution in [0, 0.1) is 0 Å². The van der Waals surface area contributed by atoms with Crippen molar-refractivity contribution in [3.05, 3.63) is 48.4 Å². The summed E-state index contributed by atoms with van der Waals surface area (Å²) >= 11 is 0. The second-order valence-corrected chi connectivity index (χ2v) is 6.12. The third-order valence-electron chi connectivity index (χ3n) is 2.86. The van der Waals surface area contributed by atoms with E-state index in [1.54, 1.807) is 30.7 Å². The molecule has 0 bridgehead atoms. The summed E-state index contributed by atoms with van der Waals surface area (Å²) < 4.78 is 27.2. The first-order chi connectivity index (χ1) is 10.1. The monoisotopic (exact) mass is 306 g/mol. The van der Waals surface area contributed by atoms with Crippen LogP contribution in [0.5, 0.6) is 0 Å². The molecule has 2 heterocycles. The molecule has 0 aliphatic heterocycles.